The van der Waals surface area contributed by atoms with Gasteiger partial charge < -0.3 is 4.74 Å². The standard InChI is InChI=1S/C19H17N3O2/c1-14-13-17(19(23)24-2)21-22(14)18(15-9-5-3-6-10-15)20-16-11-7-4-8-12-16/h3-13H,1-2H3. The number of esters is 1. The summed E-state index contributed by atoms with van der Waals surface area (Å²) in [5.74, 6) is 0.179. The molecule has 0 bridgehead atoms. The van der Waals surface area contributed by atoms with E-state index in [1.807, 2.05) is 67.6 Å². The zero-order chi connectivity index (χ0) is 16.9. The zero-order valence-electron chi connectivity index (χ0n) is 13.5. The zero-order valence-corrected chi connectivity index (χ0v) is 13.5. The fraction of sp³-hybridized carbons (Fsp3) is 0.105. The van der Waals surface area contributed by atoms with Gasteiger partial charge in [-0.1, -0.05) is 48.5 Å². The van der Waals surface area contributed by atoms with Gasteiger partial charge in [0.2, 0.25) is 0 Å². The summed E-state index contributed by atoms with van der Waals surface area (Å²) in [7, 11) is 1.34. The lowest BCUT2D eigenvalue weighted by Crippen LogP contribution is -2.17. The van der Waals surface area contributed by atoms with E-state index in [0.717, 1.165) is 16.9 Å². The fourth-order valence-electron chi connectivity index (χ4n) is 2.34. The number of carbonyl (C=O) groups excluding carboxylic acids is 1. The number of rotatable bonds is 3. The van der Waals surface area contributed by atoms with Crippen molar-refractivity contribution >= 4 is 17.5 Å². The molecule has 0 saturated heterocycles. The Kier molecular flexibility index (Phi) is 4.52. The van der Waals surface area contributed by atoms with Crippen LogP contribution in [0.3, 0.4) is 0 Å². The van der Waals surface area contributed by atoms with Crippen molar-refractivity contribution in [3.05, 3.63) is 83.7 Å². The van der Waals surface area contributed by atoms with Crippen LogP contribution in [-0.4, -0.2) is 28.7 Å². The number of aryl methyl sites for hydroxylation is 1. The molecule has 5 nitrogen and oxygen atoms in total. The Hall–Kier alpha value is -3.21. The second-order valence-electron chi connectivity index (χ2n) is 5.21. The number of ether oxygens (including phenoxy) is 1. The van der Waals surface area contributed by atoms with E-state index in [-0.39, 0.29) is 5.69 Å². The van der Waals surface area contributed by atoms with Crippen molar-refractivity contribution in [2.75, 3.05) is 7.11 Å². The third-order valence-corrected chi connectivity index (χ3v) is 3.51. The second-order valence-corrected chi connectivity index (χ2v) is 5.21. The highest BCUT2D eigenvalue weighted by molar-refractivity contribution is 6.02. The number of hydrogen-bond acceptors (Lipinski definition) is 4. The molecule has 0 N–H and O–H groups in total. The smallest absolute Gasteiger partial charge is 0.358 e. The molecule has 0 saturated carbocycles. The molecule has 0 fully saturated rings. The number of hydrogen-bond donors (Lipinski definition) is 0. The topological polar surface area (TPSA) is 56.5 Å². The molecule has 1 aromatic heterocycles. The summed E-state index contributed by atoms with van der Waals surface area (Å²) in [6, 6.07) is 21.1. The summed E-state index contributed by atoms with van der Waals surface area (Å²) in [5, 5.41) is 4.36. The van der Waals surface area contributed by atoms with Crippen molar-refractivity contribution < 1.29 is 9.53 Å². The van der Waals surface area contributed by atoms with Crippen molar-refractivity contribution in [2.45, 2.75) is 6.92 Å². The molecule has 1 heterocycles. The molecule has 24 heavy (non-hydrogen) atoms. The molecule has 120 valence electrons. The normalized spacial score (nSPS) is 11.3. The van der Waals surface area contributed by atoms with Crippen LogP contribution in [0.5, 0.6) is 0 Å². The average molecular weight is 319 g/mol. The lowest BCUT2D eigenvalue weighted by Gasteiger charge is -2.09. The highest BCUT2D eigenvalue weighted by atomic mass is 16.5. The van der Waals surface area contributed by atoms with Crippen LogP contribution in [0.25, 0.3) is 0 Å². The minimum atomic E-state index is -0.469. The summed E-state index contributed by atoms with van der Waals surface area (Å²) < 4.78 is 6.41. The fourth-order valence-corrected chi connectivity index (χ4v) is 2.34. The Morgan fingerprint density at radius 2 is 1.67 bits per heavy atom. The van der Waals surface area contributed by atoms with Gasteiger partial charge in [-0.2, -0.15) is 5.10 Å². The number of methoxy groups -OCH3 is 1. The predicted octanol–water partition coefficient (Wildman–Crippen LogP) is 3.60. The van der Waals surface area contributed by atoms with Gasteiger partial charge in [-0.05, 0) is 25.1 Å². The van der Waals surface area contributed by atoms with E-state index in [0.29, 0.717) is 5.84 Å². The van der Waals surface area contributed by atoms with Crippen LogP contribution in [0.1, 0.15) is 21.7 Å². The van der Waals surface area contributed by atoms with E-state index in [2.05, 4.69) is 5.10 Å². The molecule has 0 radical (unpaired) electrons. The van der Waals surface area contributed by atoms with Gasteiger partial charge in [0.15, 0.2) is 11.5 Å². The molecule has 0 aliphatic rings. The Morgan fingerprint density at radius 3 is 2.29 bits per heavy atom. The number of nitrogens with zero attached hydrogens (tertiary/aromatic N) is 3. The van der Waals surface area contributed by atoms with E-state index < -0.39 is 5.97 Å². The number of para-hydroxylation sites is 1. The molecule has 0 aliphatic heterocycles. The van der Waals surface area contributed by atoms with Crippen LogP contribution in [0.4, 0.5) is 5.69 Å². The summed E-state index contributed by atoms with van der Waals surface area (Å²) >= 11 is 0. The van der Waals surface area contributed by atoms with Crippen LogP contribution in [0.2, 0.25) is 0 Å². The largest absolute Gasteiger partial charge is 0.464 e. The van der Waals surface area contributed by atoms with Crippen LogP contribution in [-0.2, 0) is 4.74 Å². The molecule has 0 aliphatic carbocycles. The summed E-state index contributed by atoms with van der Waals surface area (Å²) in [4.78, 5) is 16.5. The van der Waals surface area contributed by atoms with Crippen LogP contribution < -0.4 is 0 Å². The molecule has 0 amide bonds. The van der Waals surface area contributed by atoms with Gasteiger partial charge in [-0.3, -0.25) is 0 Å². The van der Waals surface area contributed by atoms with E-state index >= 15 is 0 Å². The lowest BCUT2D eigenvalue weighted by molar-refractivity contribution is 0.0593. The summed E-state index contributed by atoms with van der Waals surface area (Å²) in [6.45, 7) is 1.88. The summed E-state index contributed by atoms with van der Waals surface area (Å²) in [5.41, 5.74) is 2.77. The van der Waals surface area contributed by atoms with E-state index in [4.69, 9.17) is 9.73 Å². The van der Waals surface area contributed by atoms with Crippen molar-refractivity contribution in [1.29, 1.82) is 0 Å². The van der Waals surface area contributed by atoms with Gasteiger partial charge in [0.25, 0.3) is 0 Å². The molecular formula is C19H17N3O2. The number of benzene rings is 2. The minimum absolute atomic E-state index is 0.256. The molecule has 3 aromatic rings. The number of carbonyl (C=O) groups is 1. The van der Waals surface area contributed by atoms with Crippen molar-refractivity contribution in [3.8, 4) is 0 Å². The van der Waals surface area contributed by atoms with Gasteiger partial charge in [0.05, 0.1) is 12.8 Å². The van der Waals surface area contributed by atoms with E-state index in [9.17, 15) is 4.79 Å². The van der Waals surface area contributed by atoms with Crippen molar-refractivity contribution in [1.82, 2.24) is 9.78 Å². The third-order valence-electron chi connectivity index (χ3n) is 3.51. The first-order valence-electron chi connectivity index (χ1n) is 7.53. The monoisotopic (exact) mass is 319 g/mol. The molecule has 3 rings (SSSR count). The Bertz CT molecular complexity index is 868. The highest BCUT2D eigenvalue weighted by Crippen LogP contribution is 2.16. The molecular weight excluding hydrogens is 302 g/mol. The maximum absolute atomic E-state index is 11.8. The van der Waals surface area contributed by atoms with Gasteiger partial charge in [0.1, 0.15) is 0 Å². The first-order chi connectivity index (χ1) is 11.7. The molecule has 0 spiro atoms. The van der Waals surface area contributed by atoms with Gasteiger partial charge in [0, 0.05) is 11.3 Å². The van der Waals surface area contributed by atoms with Gasteiger partial charge in [-0.25, -0.2) is 14.5 Å². The van der Waals surface area contributed by atoms with Gasteiger partial charge >= 0.3 is 5.97 Å². The second kappa shape index (κ2) is 6.91. The maximum atomic E-state index is 11.8. The first kappa shape index (κ1) is 15.7. The molecule has 5 heteroatoms. The minimum Gasteiger partial charge on any atom is -0.464 e. The Morgan fingerprint density at radius 1 is 1.04 bits per heavy atom. The molecule has 0 unspecified atom stereocenters. The summed E-state index contributed by atoms with van der Waals surface area (Å²) in [6.07, 6.45) is 0. The number of aliphatic imine (C=N–C) groups is 1. The van der Waals surface area contributed by atoms with Crippen molar-refractivity contribution in [2.24, 2.45) is 4.99 Å². The van der Waals surface area contributed by atoms with Crippen molar-refractivity contribution in [3.63, 3.8) is 0 Å². The Balaban J connectivity index is 2.14. The van der Waals surface area contributed by atoms with E-state index in [1.165, 1.54) is 7.11 Å². The van der Waals surface area contributed by atoms with Crippen LogP contribution in [0, 0.1) is 6.92 Å². The molecule has 0 atom stereocenters. The maximum Gasteiger partial charge on any atom is 0.358 e. The highest BCUT2D eigenvalue weighted by Gasteiger charge is 2.16. The van der Waals surface area contributed by atoms with E-state index in [1.54, 1.807) is 10.7 Å². The lowest BCUT2D eigenvalue weighted by atomic mass is 10.2. The van der Waals surface area contributed by atoms with Crippen LogP contribution in [0.15, 0.2) is 71.7 Å². The van der Waals surface area contributed by atoms with Gasteiger partial charge in [-0.15, -0.1) is 0 Å². The average Bonchev–Trinajstić information content (AvgIpc) is 3.02. The van der Waals surface area contributed by atoms with Crippen LogP contribution >= 0.6 is 0 Å². The quantitative estimate of drug-likeness (QED) is 0.421. The Labute approximate surface area is 140 Å². The first-order valence-corrected chi connectivity index (χ1v) is 7.53. The number of aromatic nitrogens is 2. The SMILES string of the molecule is COC(=O)c1cc(C)n(C(=Nc2ccccc2)c2ccccc2)n1. The third kappa shape index (κ3) is 3.25. The predicted molar refractivity (Wildman–Crippen MR) is 92.8 cm³/mol. The molecule has 2 aromatic carbocycles.